The second-order valence-electron chi connectivity index (χ2n) is 14.9. The Morgan fingerprint density at radius 1 is 0.787 bits per heavy atom. The molecule has 0 aliphatic carbocycles. The minimum absolute atomic E-state index is 0.0488. The lowest BCUT2D eigenvalue weighted by molar-refractivity contribution is -0.385. The molecule has 3 aromatic heterocycles. The number of amidine groups is 1. The monoisotopic (exact) mass is 819 g/mol. The number of rotatable bonds is 9. The van der Waals surface area contributed by atoms with Crippen molar-refractivity contribution in [2.45, 2.75) is 40.2 Å². The summed E-state index contributed by atoms with van der Waals surface area (Å²) in [4.78, 5) is 40.3. The van der Waals surface area contributed by atoms with Crippen LogP contribution in [-0.2, 0) is 4.74 Å². The lowest BCUT2D eigenvalue weighted by Crippen LogP contribution is -2.40. The minimum Gasteiger partial charge on any atom is -0.443 e. The largest absolute Gasteiger partial charge is 0.443 e. The molecule has 61 heavy (non-hydrogen) atoms. The number of non-ortho nitro benzene ring substituents is 2. The van der Waals surface area contributed by atoms with E-state index in [1.165, 1.54) is 29.2 Å². The van der Waals surface area contributed by atoms with Crippen LogP contribution in [0.2, 0.25) is 0 Å². The fraction of sp³-hybridized carbons (Fsp3) is 0.159. The van der Waals surface area contributed by atoms with Crippen molar-refractivity contribution in [3.63, 3.8) is 0 Å². The highest BCUT2D eigenvalue weighted by molar-refractivity contribution is 6.23. The number of H-pyrrole nitrogens is 1. The Kier molecular flexibility index (Phi) is 11.6. The Hall–Kier alpha value is -8.21. The lowest BCUT2D eigenvalue weighted by atomic mass is 10.1. The van der Waals surface area contributed by atoms with E-state index < -0.39 is 21.5 Å². The van der Waals surface area contributed by atoms with Crippen LogP contribution in [0.1, 0.15) is 37.5 Å². The van der Waals surface area contributed by atoms with Crippen LogP contribution in [0.4, 0.5) is 33.4 Å². The number of anilines is 3. The molecule has 1 aliphatic rings. The smallest absolute Gasteiger partial charge is 0.420 e. The molecule has 1 amide bonds. The van der Waals surface area contributed by atoms with Gasteiger partial charge in [-0.15, -0.1) is 0 Å². The van der Waals surface area contributed by atoms with Gasteiger partial charge in [-0.25, -0.2) is 19.1 Å². The summed E-state index contributed by atoms with van der Waals surface area (Å²) >= 11 is 0. The molecule has 0 radical (unpaired) electrons. The molecule has 0 bridgehead atoms. The summed E-state index contributed by atoms with van der Waals surface area (Å²) in [6, 6.07) is 30.5. The minimum atomic E-state index is -0.724. The lowest BCUT2D eigenvalue weighted by Gasteiger charge is -2.27. The van der Waals surface area contributed by atoms with E-state index >= 15 is 0 Å². The van der Waals surface area contributed by atoms with Gasteiger partial charge in [0.2, 0.25) is 0 Å². The average Bonchev–Trinajstić information content (AvgIpc) is 4.08. The van der Waals surface area contributed by atoms with Gasteiger partial charge in [0, 0.05) is 60.8 Å². The molecule has 1 aliphatic heterocycles. The zero-order chi connectivity index (χ0) is 43.3. The Morgan fingerprint density at radius 3 is 1.89 bits per heavy atom. The van der Waals surface area contributed by atoms with Crippen LogP contribution in [0.3, 0.4) is 0 Å². The van der Waals surface area contributed by atoms with Crippen LogP contribution >= 0.6 is 0 Å². The number of carbonyl (C=O) groups excluding carboxylic acids is 1. The normalized spacial score (nSPS) is 12.1. The highest BCUT2D eigenvalue weighted by Crippen LogP contribution is 2.31. The standard InChI is InChI=1S/C25H25N5O4.C19H16N6O2/c1-17-14-21(30(32)33)10-11-22(17)29(24(31)34-25(2,3)4)23-15-19(16-26-23)18-6-8-20(9-7-18)28-13-5-12-27-28;1-13-11-16(25(26)27)7-8-17(13)21-19-12-18(22-23-19)14-3-5-15(6-4-14)24-10-2-9-20-24/h5-15H,16H2,1-4H3;2-12H,1H3,(H2,21,22,23). The molecule has 0 unspecified atom stereocenters. The Morgan fingerprint density at radius 2 is 1.36 bits per heavy atom. The van der Waals surface area contributed by atoms with Gasteiger partial charge in [0.05, 0.1) is 39.1 Å². The third-order valence-corrected chi connectivity index (χ3v) is 9.37. The zero-order valence-electron chi connectivity index (χ0n) is 33.9. The van der Waals surface area contributed by atoms with Gasteiger partial charge in [0.15, 0.2) is 5.82 Å². The summed E-state index contributed by atoms with van der Waals surface area (Å²) < 4.78 is 9.20. The number of aromatic amines is 1. The fourth-order valence-corrected chi connectivity index (χ4v) is 6.39. The third kappa shape index (κ3) is 9.74. The van der Waals surface area contributed by atoms with E-state index in [1.807, 2.05) is 92.1 Å². The van der Waals surface area contributed by atoms with Crippen molar-refractivity contribution in [1.82, 2.24) is 29.8 Å². The first kappa shape index (κ1) is 41.0. The fourth-order valence-electron chi connectivity index (χ4n) is 6.39. The molecule has 0 spiro atoms. The molecular weight excluding hydrogens is 779 g/mol. The Bertz CT molecular complexity index is 2750. The molecule has 308 valence electrons. The predicted molar refractivity (Wildman–Crippen MR) is 233 cm³/mol. The average molecular weight is 820 g/mol. The quantitative estimate of drug-likeness (QED) is 0.104. The van der Waals surface area contributed by atoms with Crippen LogP contribution in [0.25, 0.3) is 28.2 Å². The third-order valence-electron chi connectivity index (χ3n) is 9.37. The van der Waals surface area contributed by atoms with Gasteiger partial charge in [-0.3, -0.25) is 30.3 Å². The molecule has 0 fully saturated rings. The van der Waals surface area contributed by atoms with Crippen LogP contribution in [0.15, 0.2) is 139 Å². The van der Waals surface area contributed by atoms with Crippen molar-refractivity contribution >= 4 is 46.1 Å². The highest BCUT2D eigenvalue weighted by Gasteiger charge is 2.30. The number of ether oxygens (including phenoxy) is 1. The van der Waals surface area contributed by atoms with E-state index in [-0.39, 0.29) is 11.4 Å². The second-order valence-corrected chi connectivity index (χ2v) is 14.9. The van der Waals surface area contributed by atoms with Crippen molar-refractivity contribution in [2.75, 3.05) is 16.8 Å². The SMILES string of the molecule is Cc1cc([N+](=O)[O-])ccc1N(C(=O)OC(C)(C)C)C1=NCC(c2ccc(-n3cccn3)cc2)=C1.Cc1cc([N+](=O)[O-])ccc1Nc1cc(-c2ccc(-n3cccn3)cc2)[nH]n1. The number of carbonyl (C=O) groups is 1. The summed E-state index contributed by atoms with van der Waals surface area (Å²) in [5.74, 6) is 1.05. The van der Waals surface area contributed by atoms with E-state index in [1.54, 1.807) is 61.6 Å². The first-order chi connectivity index (χ1) is 29.2. The molecule has 0 saturated carbocycles. The van der Waals surface area contributed by atoms with Gasteiger partial charge in [0.1, 0.15) is 11.4 Å². The van der Waals surface area contributed by atoms with E-state index in [0.717, 1.165) is 45.0 Å². The number of hydrogen-bond acceptors (Lipinski definition) is 11. The first-order valence-electron chi connectivity index (χ1n) is 19.0. The molecule has 4 aromatic carbocycles. The molecule has 17 nitrogen and oxygen atoms in total. The summed E-state index contributed by atoms with van der Waals surface area (Å²) in [6.45, 7) is 9.27. The number of nitrogens with zero attached hydrogens (tertiary/aromatic N) is 9. The van der Waals surface area contributed by atoms with Crippen LogP contribution in [-0.4, -0.2) is 63.7 Å². The van der Waals surface area contributed by atoms with Gasteiger partial charge in [0.25, 0.3) is 11.4 Å². The van der Waals surface area contributed by atoms with Crippen molar-refractivity contribution in [3.05, 3.63) is 171 Å². The number of nitro benzene ring substituents is 2. The maximum absolute atomic E-state index is 13.2. The zero-order valence-corrected chi connectivity index (χ0v) is 33.9. The van der Waals surface area contributed by atoms with Gasteiger partial charge in [-0.2, -0.15) is 15.3 Å². The van der Waals surface area contributed by atoms with Crippen molar-refractivity contribution in [3.8, 4) is 22.6 Å². The van der Waals surface area contributed by atoms with Crippen molar-refractivity contribution in [2.24, 2.45) is 4.99 Å². The molecular formula is C44H41N11O6. The van der Waals surface area contributed by atoms with Gasteiger partial charge in [-0.1, -0.05) is 24.3 Å². The van der Waals surface area contributed by atoms with Gasteiger partial charge < -0.3 is 10.1 Å². The maximum atomic E-state index is 13.2. The number of amides is 1. The van der Waals surface area contributed by atoms with E-state index in [4.69, 9.17) is 4.74 Å². The molecule has 8 rings (SSSR count). The molecule has 0 saturated heterocycles. The summed E-state index contributed by atoms with van der Waals surface area (Å²) in [7, 11) is 0. The summed E-state index contributed by atoms with van der Waals surface area (Å²) in [5.41, 5.74) is 7.56. The molecule has 2 N–H and O–H groups in total. The van der Waals surface area contributed by atoms with Crippen LogP contribution in [0.5, 0.6) is 0 Å². The van der Waals surface area contributed by atoms with E-state index in [9.17, 15) is 25.0 Å². The first-order valence-corrected chi connectivity index (χ1v) is 19.0. The number of hydrogen-bond donors (Lipinski definition) is 2. The molecule has 7 aromatic rings. The topological polar surface area (TPSA) is 205 Å². The van der Waals surface area contributed by atoms with E-state index in [2.05, 4.69) is 30.7 Å². The molecule has 0 atom stereocenters. The van der Waals surface area contributed by atoms with Gasteiger partial charge >= 0.3 is 6.09 Å². The Labute approximate surface area is 349 Å². The van der Waals surface area contributed by atoms with Crippen LogP contribution in [0, 0.1) is 34.1 Å². The van der Waals surface area contributed by atoms with Crippen molar-refractivity contribution in [1.29, 1.82) is 0 Å². The Balaban J connectivity index is 0.000000189. The summed E-state index contributed by atoms with van der Waals surface area (Å²) in [6.07, 6.45) is 8.46. The number of nitro groups is 2. The number of nitrogens with one attached hydrogen (secondary N) is 2. The molecule has 4 heterocycles. The van der Waals surface area contributed by atoms with Crippen LogP contribution < -0.4 is 10.2 Å². The number of aliphatic imine (C=N–C) groups is 1. The second kappa shape index (κ2) is 17.3. The number of aromatic nitrogens is 6. The van der Waals surface area contributed by atoms with Gasteiger partial charge in [-0.05, 0) is 117 Å². The summed E-state index contributed by atoms with van der Waals surface area (Å²) in [5, 5.41) is 40.9. The number of aryl methyl sites for hydroxylation is 2. The number of benzene rings is 4. The van der Waals surface area contributed by atoms with E-state index in [0.29, 0.717) is 29.4 Å². The highest BCUT2D eigenvalue weighted by atomic mass is 16.6. The molecule has 17 heteroatoms. The maximum Gasteiger partial charge on any atom is 0.420 e. The predicted octanol–water partition coefficient (Wildman–Crippen LogP) is 9.55. The van der Waals surface area contributed by atoms with Crippen molar-refractivity contribution < 1.29 is 19.4 Å².